The molecule has 0 amide bonds. The van der Waals surface area contributed by atoms with E-state index in [1.807, 2.05) is 13.8 Å². The minimum absolute atomic E-state index is 0.250. The molecule has 0 heterocycles. The molecule has 0 bridgehead atoms. The normalized spacial score (nSPS) is 8.50. The molecule has 0 aliphatic carbocycles. The van der Waals surface area contributed by atoms with Crippen molar-refractivity contribution >= 4 is 34.8 Å². The summed E-state index contributed by atoms with van der Waals surface area (Å²) in [5.74, 6) is 0. The van der Waals surface area contributed by atoms with E-state index in [0.717, 1.165) is 0 Å². The second-order valence-corrected chi connectivity index (χ2v) is 2.43. The second kappa shape index (κ2) is 7.05. The lowest BCUT2D eigenvalue weighted by Crippen LogP contribution is -2.41. The van der Waals surface area contributed by atoms with Crippen molar-refractivity contribution in [2.45, 2.75) is 13.8 Å². The number of rotatable bonds is 2. The van der Waals surface area contributed by atoms with Crippen LogP contribution in [0.4, 0.5) is 0 Å². The molecule has 6 heteroatoms. The molecular weight excluding hydrogens is 196 g/mol. The predicted octanol–water partition coefficient (Wildman–Crippen LogP) is 0.723. The van der Waals surface area contributed by atoms with Gasteiger partial charge in [-0.1, -0.05) is 0 Å². The van der Waals surface area contributed by atoms with Gasteiger partial charge in [0.05, 0.1) is 13.2 Å². The summed E-state index contributed by atoms with van der Waals surface area (Å²) in [7, 11) is 0. The molecule has 0 unspecified atom stereocenters. The molecule has 0 radical (unpaired) electrons. The van der Waals surface area contributed by atoms with Crippen LogP contribution in [0.1, 0.15) is 13.8 Å². The lowest BCUT2D eigenvalue weighted by atomic mass is 10.9. The molecule has 70 valence electrons. The average molecular weight is 208 g/mol. The summed E-state index contributed by atoms with van der Waals surface area (Å²) in [6, 6.07) is 0. The number of thiocarbonyl (C=S) groups is 2. The molecule has 0 fully saturated rings. The fraction of sp³-hybridized carbons (Fsp3) is 0.667. The third-order valence-electron chi connectivity index (χ3n) is 0.817. The van der Waals surface area contributed by atoms with E-state index in [1.165, 1.54) is 0 Å². The maximum Gasteiger partial charge on any atom is 0.275 e. The highest BCUT2D eigenvalue weighted by Crippen LogP contribution is 1.77. The lowest BCUT2D eigenvalue weighted by molar-refractivity contribution is 0.299. The Hall–Kier alpha value is -0.620. The molecule has 0 aliphatic rings. The van der Waals surface area contributed by atoms with Gasteiger partial charge in [0, 0.05) is 0 Å². The zero-order chi connectivity index (χ0) is 9.40. The largest absolute Gasteiger partial charge is 0.470 e. The summed E-state index contributed by atoms with van der Waals surface area (Å²) in [6.45, 7) is 4.73. The zero-order valence-corrected chi connectivity index (χ0v) is 8.68. The van der Waals surface area contributed by atoms with Crippen LogP contribution in [0.25, 0.3) is 0 Å². The van der Waals surface area contributed by atoms with Crippen LogP contribution in [-0.4, -0.2) is 23.6 Å². The van der Waals surface area contributed by atoms with Gasteiger partial charge in [0.2, 0.25) is 0 Å². The number of nitrogens with one attached hydrogen (secondary N) is 2. The van der Waals surface area contributed by atoms with Crippen molar-refractivity contribution in [2.75, 3.05) is 13.2 Å². The zero-order valence-electron chi connectivity index (χ0n) is 7.05. The standard InChI is InChI=1S/C6H12N2O2S2/c1-3-9-5(11)7-8-6(12)10-4-2/h3-4H2,1-2H3,(H,7,11)(H,8,12). The first kappa shape index (κ1) is 11.4. The van der Waals surface area contributed by atoms with Gasteiger partial charge in [0.1, 0.15) is 0 Å². The Bertz CT molecular complexity index is 146. The minimum Gasteiger partial charge on any atom is -0.470 e. The van der Waals surface area contributed by atoms with Gasteiger partial charge in [0.25, 0.3) is 10.3 Å². The summed E-state index contributed by atoms with van der Waals surface area (Å²) < 4.78 is 9.83. The molecule has 0 aliphatic heterocycles. The Morgan fingerprint density at radius 1 is 1.00 bits per heavy atom. The fourth-order valence-electron chi connectivity index (χ4n) is 0.436. The van der Waals surface area contributed by atoms with Crippen LogP contribution in [0.15, 0.2) is 0 Å². The number of ether oxygens (including phenoxy) is 2. The van der Waals surface area contributed by atoms with Gasteiger partial charge < -0.3 is 9.47 Å². The van der Waals surface area contributed by atoms with E-state index in [0.29, 0.717) is 13.2 Å². The Kier molecular flexibility index (Phi) is 6.69. The minimum atomic E-state index is 0.250. The summed E-state index contributed by atoms with van der Waals surface area (Å²) in [5, 5.41) is 0.499. The first-order valence-electron chi connectivity index (χ1n) is 3.56. The van der Waals surface area contributed by atoms with Gasteiger partial charge in [-0.15, -0.1) is 0 Å². The highest BCUT2D eigenvalue weighted by molar-refractivity contribution is 7.80. The van der Waals surface area contributed by atoms with Crippen molar-refractivity contribution in [1.82, 2.24) is 10.9 Å². The van der Waals surface area contributed by atoms with E-state index >= 15 is 0 Å². The summed E-state index contributed by atoms with van der Waals surface area (Å²) in [6.07, 6.45) is 0. The molecule has 0 saturated heterocycles. The van der Waals surface area contributed by atoms with E-state index < -0.39 is 0 Å². The van der Waals surface area contributed by atoms with E-state index in [9.17, 15) is 0 Å². The Balaban J connectivity index is 3.40. The summed E-state index contributed by atoms with van der Waals surface area (Å²) in [4.78, 5) is 0. The Labute approximate surface area is 82.6 Å². The fourth-order valence-corrected chi connectivity index (χ4v) is 0.774. The highest BCUT2D eigenvalue weighted by Gasteiger charge is 1.96. The smallest absolute Gasteiger partial charge is 0.275 e. The van der Waals surface area contributed by atoms with Crippen LogP contribution in [0.5, 0.6) is 0 Å². The van der Waals surface area contributed by atoms with Gasteiger partial charge >= 0.3 is 0 Å². The molecule has 0 aromatic rings. The Morgan fingerprint density at radius 2 is 1.33 bits per heavy atom. The maximum absolute atomic E-state index is 4.91. The van der Waals surface area contributed by atoms with Crippen molar-refractivity contribution in [3.63, 3.8) is 0 Å². The molecule has 4 nitrogen and oxygen atoms in total. The van der Waals surface area contributed by atoms with Crippen LogP contribution < -0.4 is 10.9 Å². The predicted molar refractivity (Wildman–Crippen MR) is 54.7 cm³/mol. The van der Waals surface area contributed by atoms with E-state index in [4.69, 9.17) is 33.9 Å². The first-order chi connectivity index (χ1) is 5.70. The molecule has 0 saturated carbocycles. The quantitative estimate of drug-likeness (QED) is 0.515. The van der Waals surface area contributed by atoms with Crippen molar-refractivity contribution in [3.8, 4) is 0 Å². The topological polar surface area (TPSA) is 42.5 Å². The van der Waals surface area contributed by atoms with Crippen LogP contribution >= 0.6 is 24.4 Å². The van der Waals surface area contributed by atoms with Gasteiger partial charge in [-0.05, 0) is 38.3 Å². The van der Waals surface area contributed by atoms with Crippen LogP contribution in [0, 0.1) is 0 Å². The van der Waals surface area contributed by atoms with Gasteiger partial charge in [-0.2, -0.15) is 0 Å². The number of hydrogen-bond donors (Lipinski definition) is 2. The van der Waals surface area contributed by atoms with E-state index in [2.05, 4.69) is 10.9 Å². The first-order valence-corrected chi connectivity index (χ1v) is 4.37. The molecule has 0 aromatic carbocycles. The lowest BCUT2D eigenvalue weighted by Gasteiger charge is -2.10. The Morgan fingerprint density at radius 3 is 1.58 bits per heavy atom. The van der Waals surface area contributed by atoms with Gasteiger partial charge in [0.15, 0.2) is 0 Å². The number of hydrazine groups is 1. The third-order valence-corrected chi connectivity index (χ3v) is 1.26. The van der Waals surface area contributed by atoms with Crippen molar-refractivity contribution in [2.24, 2.45) is 0 Å². The molecule has 0 atom stereocenters. The van der Waals surface area contributed by atoms with Gasteiger partial charge in [-0.25, -0.2) is 0 Å². The average Bonchev–Trinajstić information content (AvgIpc) is 2.02. The second-order valence-electron chi connectivity index (χ2n) is 1.69. The van der Waals surface area contributed by atoms with Crippen LogP contribution in [-0.2, 0) is 9.47 Å². The van der Waals surface area contributed by atoms with Crippen LogP contribution in [0.2, 0.25) is 0 Å². The molecule has 2 N–H and O–H groups in total. The maximum atomic E-state index is 4.91. The molecule has 0 aromatic heterocycles. The summed E-state index contributed by atoms with van der Waals surface area (Å²) in [5.41, 5.74) is 5.12. The molecule has 0 rings (SSSR count). The molecule has 0 spiro atoms. The van der Waals surface area contributed by atoms with Crippen molar-refractivity contribution < 1.29 is 9.47 Å². The van der Waals surface area contributed by atoms with E-state index in [-0.39, 0.29) is 10.3 Å². The monoisotopic (exact) mass is 208 g/mol. The molecule has 12 heavy (non-hydrogen) atoms. The number of hydrogen-bond acceptors (Lipinski definition) is 4. The van der Waals surface area contributed by atoms with E-state index in [1.54, 1.807) is 0 Å². The van der Waals surface area contributed by atoms with Crippen molar-refractivity contribution in [1.29, 1.82) is 0 Å². The van der Waals surface area contributed by atoms with Gasteiger partial charge in [-0.3, -0.25) is 10.9 Å². The summed E-state index contributed by atoms with van der Waals surface area (Å²) >= 11 is 9.49. The van der Waals surface area contributed by atoms with Crippen LogP contribution in [0.3, 0.4) is 0 Å². The third kappa shape index (κ3) is 6.11. The highest BCUT2D eigenvalue weighted by atomic mass is 32.1. The SMILES string of the molecule is CCOC(=S)NNC(=S)OCC. The molecular formula is C6H12N2O2S2. The van der Waals surface area contributed by atoms with Crippen molar-refractivity contribution in [3.05, 3.63) is 0 Å².